The van der Waals surface area contributed by atoms with Crippen molar-refractivity contribution in [1.29, 1.82) is 0 Å². The summed E-state index contributed by atoms with van der Waals surface area (Å²) < 4.78 is 8.90. The van der Waals surface area contributed by atoms with Gasteiger partial charge in [-0.05, 0) is 49.1 Å². The summed E-state index contributed by atoms with van der Waals surface area (Å²) in [6, 6.07) is 13.1. The molecule has 0 radical (unpaired) electrons. The number of hydrogen-bond acceptors (Lipinski definition) is 8. The number of amides is 3. The Morgan fingerprint density at radius 3 is 2.61 bits per heavy atom. The molecule has 1 atom stereocenters. The molecule has 12 heteroatoms. The Kier molecular flexibility index (Phi) is 7.72. The summed E-state index contributed by atoms with van der Waals surface area (Å²) in [5.41, 5.74) is 13.5. The molecular weight excluding hydrogens is 508 g/mol. The number of aromatic nitrogens is 2. The number of nitrogens with one attached hydrogen (secondary N) is 2. The number of hydrogen-bond donors (Lipinski definition) is 4. The van der Waals surface area contributed by atoms with E-state index in [0.717, 1.165) is 11.1 Å². The van der Waals surface area contributed by atoms with Crippen LogP contribution < -0.4 is 21.7 Å². The summed E-state index contributed by atoms with van der Waals surface area (Å²) in [5.74, 6) is -2.79. The van der Waals surface area contributed by atoms with Gasteiger partial charge < -0.3 is 26.5 Å². The number of carbonyl (C=O) groups excluding carboxylic acids is 4. The van der Waals surface area contributed by atoms with E-state index in [0.29, 0.717) is 28.2 Å². The lowest BCUT2D eigenvalue weighted by Crippen LogP contribution is -2.45. The number of nitrogen functional groups attached to an aromatic ring is 1. The Morgan fingerprint density at radius 1 is 1.16 bits per heavy atom. The van der Waals surface area contributed by atoms with Crippen molar-refractivity contribution in [2.24, 2.45) is 5.73 Å². The van der Waals surface area contributed by atoms with Crippen LogP contribution in [-0.2, 0) is 14.3 Å². The van der Waals surface area contributed by atoms with Crippen molar-refractivity contribution in [3.63, 3.8) is 0 Å². The molecule has 0 aliphatic heterocycles. The van der Waals surface area contributed by atoms with Crippen molar-refractivity contribution in [3.8, 4) is 0 Å². The minimum Gasteiger partial charge on any atom is -0.465 e. The van der Waals surface area contributed by atoms with E-state index < -0.39 is 36.3 Å². The molecule has 38 heavy (non-hydrogen) atoms. The highest BCUT2D eigenvalue weighted by molar-refractivity contribution is 7.09. The van der Waals surface area contributed by atoms with E-state index in [4.69, 9.17) is 16.2 Å². The lowest BCUT2D eigenvalue weighted by Gasteiger charge is -2.31. The zero-order chi connectivity index (χ0) is 27.4. The van der Waals surface area contributed by atoms with Crippen LogP contribution in [0.1, 0.15) is 44.3 Å². The van der Waals surface area contributed by atoms with Crippen molar-refractivity contribution in [2.45, 2.75) is 19.9 Å². The normalized spacial score (nSPS) is 11.6. The van der Waals surface area contributed by atoms with E-state index in [1.54, 1.807) is 31.3 Å². The van der Waals surface area contributed by atoms with Crippen LogP contribution in [0, 0.1) is 6.92 Å². The second-order valence-electron chi connectivity index (χ2n) is 8.37. The maximum absolute atomic E-state index is 14.1. The number of benzene rings is 2. The van der Waals surface area contributed by atoms with Crippen LogP contribution in [-0.4, -0.2) is 46.2 Å². The molecule has 4 rings (SSSR count). The van der Waals surface area contributed by atoms with E-state index in [9.17, 15) is 19.2 Å². The zero-order valence-electron chi connectivity index (χ0n) is 20.7. The molecule has 0 saturated heterocycles. The van der Waals surface area contributed by atoms with Gasteiger partial charge in [0.05, 0.1) is 12.3 Å². The molecule has 3 amide bonds. The molecule has 2 heterocycles. The lowest BCUT2D eigenvalue weighted by atomic mass is 10.0. The SMILES string of the molecule is CCOC(=O)CNC(=O)[C@@H](c1c[nH]c2ccccc12)N(C(=O)c1snc(C(N)=O)c1N)c1cccc(C)c1. The highest BCUT2D eigenvalue weighted by atomic mass is 32.1. The van der Waals surface area contributed by atoms with Gasteiger partial charge >= 0.3 is 5.97 Å². The number of rotatable bonds is 9. The third-order valence-electron chi connectivity index (χ3n) is 5.79. The second-order valence-corrected chi connectivity index (χ2v) is 9.14. The summed E-state index contributed by atoms with van der Waals surface area (Å²) in [6.45, 7) is 3.27. The number of aryl methyl sites for hydroxylation is 1. The van der Waals surface area contributed by atoms with Gasteiger partial charge in [0.25, 0.3) is 11.8 Å². The van der Waals surface area contributed by atoms with Gasteiger partial charge in [0.2, 0.25) is 5.91 Å². The maximum Gasteiger partial charge on any atom is 0.325 e. The molecule has 0 spiro atoms. The molecule has 0 bridgehead atoms. The Bertz CT molecular complexity index is 1530. The largest absolute Gasteiger partial charge is 0.465 e. The first-order valence-corrected chi connectivity index (χ1v) is 12.4. The molecule has 196 valence electrons. The third kappa shape index (κ3) is 5.20. The Morgan fingerprint density at radius 2 is 1.92 bits per heavy atom. The molecule has 0 aliphatic carbocycles. The van der Waals surface area contributed by atoms with Crippen molar-refractivity contribution in [1.82, 2.24) is 14.7 Å². The number of primary amides is 1. The number of ether oxygens (including phenoxy) is 1. The average Bonchev–Trinajstić information content (AvgIpc) is 3.49. The van der Waals surface area contributed by atoms with E-state index in [1.165, 1.54) is 4.90 Å². The Balaban J connectivity index is 1.89. The summed E-state index contributed by atoms with van der Waals surface area (Å²) in [7, 11) is 0. The van der Waals surface area contributed by atoms with Gasteiger partial charge in [-0.25, -0.2) is 0 Å². The number of para-hydroxylation sites is 1. The van der Waals surface area contributed by atoms with Crippen LogP contribution in [0.25, 0.3) is 10.9 Å². The molecule has 6 N–H and O–H groups in total. The second kappa shape index (κ2) is 11.1. The van der Waals surface area contributed by atoms with Crippen molar-refractivity contribution >= 4 is 57.5 Å². The van der Waals surface area contributed by atoms with Gasteiger partial charge in [-0.3, -0.25) is 24.1 Å². The van der Waals surface area contributed by atoms with E-state index >= 15 is 0 Å². The van der Waals surface area contributed by atoms with Crippen molar-refractivity contribution < 1.29 is 23.9 Å². The molecule has 4 aromatic rings. The summed E-state index contributed by atoms with van der Waals surface area (Å²) in [4.78, 5) is 56.0. The molecule has 2 aromatic carbocycles. The van der Waals surface area contributed by atoms with Crippen LogP contribution >= 0.6 is 11.5 Å². The first kappa shape index (κ1) is 26.4. The monoisotopic (exact) mass is 534 g/mol. The van der Waals surface area contributed by atoms with Gasteiger partial charge in [0.1, 0.15) is 17.5 Å². The van der Waals surface area contributed by atoms with E-state index in [2.05, 4.69) is 14.7 Å². The Labute approximate surface area is 221 Å². The fourth-order valence-electron chi connectivity index (χ4n) is 4.09. The number of anilines is 2. The first-order chi connectivity index (χ1) is 18.2. The number of nitrogens with two attached hydrogens (primary N) is 2. The summed E-state index contributed by atoms with van der Waals surface area (Å²) >= 11 is 0.714. The van der Waals surface area contributed by atoms with Crippen molar-refractivity contribution in [2.75, 3.05) is 23.8 Å². The lowest BCUT2D eigenvalue weighted by molar-refractivity contribution is -0.143. The van der Waals surface area contributed by atoms with Gasteiger partial charge in [0, 0.05) is 28.4 Å². The number of aromatic amines is 1. The predicted molar refractivity (Wildman–Crippen MR) is 144 cm³/mol. The van der Waals surface area contributed by atoms with Crippen LogP contribution in [0.2, 0.25) is 0 Å². The quantitative estimate of drug-likeness (QED) is 0.239. The number of carbonyl (C=O) groups is 4. The Hall–Kier alpha value is -4.71. The van der Waals surface area contributed by atoms with Gasteiger partial charge in [-0.1, -0.05) is 30.3 Å². The van der Waals surface area contributed by atoms with Crippen LogP contribution in [0.15, 0.2) is 54.7 Å². The third-order valence-corrected chi connectivity index (χ3v) is 6.64. The number of esters is 1. The highest BCUT2D eigenvalue weighted by Crippen LogP contribution is 2.36. The van der Waals surface area contributed by atoms with Crippen molar-refractivity contribution in [3.05, 3.63) is 76.4 Å². The number of fused-ring (bicyclic) bond motifs is 1. The fourth-order valence-corrected chi connectivity index (χ4v) is 4.83. The number of H-pyrrole nitrogens is 1. The molecular formula is C26H26N6O5S. The standard InChI is InChI=1S/C26H26N6O5S/c1-3-37-19(33)13-30-25(35)22(17-12-29-18-10-5-4-9-16(17)18)32(15-8-6-7-14(2)11-15)26(36)23-20(27)21(24(28)34)31-38-23/h4-12,22,29H,3,13,27H2,1-2H3,(H2,28,34)(H,30,35)/t22-/m1/s1. The number of nitrogens with zero attached hydrogens (tertiary/aromatic N) is 2. The first-order valence-electron chi connectivity index (χ1n) is 11.7. The summed E-state index contributed by atoms with van der Waals surface area (Å²) in [5, 5.41) is 3.29. The van der Waals surface area contributed by atoms with Gasteiger partial charge in [-0.2, -0.15) is 4.37 Å². The minimum absolute atomic E-state index is 0.0525. The maximum atomic E-state index is 14.1. The van der Waals surface area contributed by atoms with E-state index in [-0.39, 0.29) is 22.9 Å². The van der Waals surface area contributed by atoms with Gasteiger partial charge in [-0.15, -0.1) is 0 Å². The van der Waals surface area contributed by atoms with E-state index in [1.807, 2.05) is 37.3 Å². The predicted octanol–water partition coefficient (Wildman–Crippen LogP) is 2.68. The topological polar surface area (TPSA) is 174 Å². The molecule has 0 saturated carbocycles. The molecule has 0 aliphatic rings. The smallest absolute Gasteiger partial charge is 0.325 e. The van der Waals surface area contributed by atoms with Crippen LogP contribution in [0.5, 0.6) is 0 Å². The molecule has 11 nitrogen and oxygen atoms in total. The highest BCUT2D eigenvalue weighted by Gasteiger charge is 2.37. The molecule has 0 fully saturated rings. The average molecular weight is 535 g/mol. The van der Waals surface area contributed by atoms with Gasteiger partial charge in [0.15, 0.2) is 5.69 Å². The van der Waals surface area contributed by atoms with Crippen LogP contribution in [0.3, 0.4) is 0 Å². The van der Waals surface area contributed by atoms with Crippen LogP contribution in [0.4, 0.5) is 11.4 Å². The summed E-state index contributed by atoms with van der Waals surface area (Å²) in [6.07, 6.45) is 1.64. The zero-order valence-corrected chi connectivity index (χ0v) is 21.5. The molecule has 0 unspecified atom stereocenters. The fraction of sp³-hybridized carbons (Fsp3) is 0.192. The molecule has 2 aromatic heterocycles. The minimum atomic E-state index is -1.24.